The predicted molar refractivity (Wildman–Crippen MR) is 83.7 cm³/mol. The normalized spacial score (nSPS) is 22.2. The first-order valence-corrected chi connectivity index (χ1v) is 7.49. The molecular formula is C17H28O4. The van der Waals surface area contributed by atoms with Gasteiger partial charge < -0.3 is 9.47 Å². The van der Waals surface area contributed by atoms with Crippen LogP contribution in [0.4, 0.5) is 0 Å². The molecular weight excluding hydrogens is 268 g/mol. The molecule has 0 heterocycles. The lowest BCUT2D eigenvalue weighted by Gasteiger charge is -2.24. The summed E-state index contributed by atoms with van der Waals surface area (Å²) < 4.78 is 8.28. The van der Waals surface area contributed by atoms with Gasteiger partial charge in [0.25, 0.3) is 0 Å². The van der Waals surface area contributed by atoms with Crippen LogP contribution in [0.15, 0.2) is 25.3 Å². The molecule has 2 saturated carbocycles. The maximum absolute atomic E-state index is 9.84. The molecule has 4 nitrogen and oxygen atoms in total. The summed E-state index contributed by atoms with van der Waals surface area (Å²) in [5.41, 5.74) is 0. The number of fused-ring (bicyclic) bond motifs is 1. The Bertz CT molecular complexity index is 304. The van der Waals surface area contributed by atoms with E-state index in [0.29, 0.717) is 0 Å². The van der Waals surface area contributed by atoms with Crippen molar-refractivity contribution in [3.05, 3.63) is 25.3 Å². The van der Waals surface area contributed by atoms with Crippen molar-refractivity contribution in [2.45, 2.75) is 44.9 Å². The third-order valence-electron chi connectivity index (χ3n) is 3.95. The second-order valence-electron chi connectivity index (χ2n) is 5.19. The van der Waals surface area contributed by atoms with Gasteiger partial charge in [-0.2, -0.15) is 0 Å². The van der Waals surface area contributed by atoms with Crippen molar-refractivity contribution < 1.29 is 19.1 Å². The van der Waals surface area contributed by atoms with Crippen molar-refractivity contribution in [2.75, 3.05) is 14.2 Å². The highest BCUT2D eigenvalue weighted by Gasteiger charge is 2.28. The van der Waals surface area contributed by atoms with Crippen LogP contribution in [0.5, 0.6) is 0 Å². The van der Waals surface area contributed by atoms with Crippen LogP contribution < -0.4 is 0 Å². The Labute approximate surface area is 128 Å². The molecule has 0 aromatic rings. The van der Waals surface area contributed by atoms with Gasteiger partial charge in [0, 0.05) is 12.2 Å². The van der Waals surface area contributed by atoms with Crippen LogP contribution in [-0.2, 0) is 19.1 Å². The summed E-state index contributed by atoms with van der Waals surface area (Å²) in [5.74, 6) is 1.54. The molecule has 0 spiro atoms. The van der Waals surface area contributed by atoms with Crippen molar-refractivity contribution >= 4 is 11.9 Å². The van der Waals surface area contributed by atoms with E-state index in [2.05, 4.69) is 22.6 Å². The Balaban J connectivity index is 0.000000300. The van der Waals surface area contributed by atoms with Crippen molar-refractivity contribution in [1.82, 2.24) is 0 Å². The topological polar surface area (TPSA) is 52.6 Å². The highest BCUT2D eigenvalue weighted by molar-refractivity contribution is 5.81. The first-order chi connectivity index (χ1) is 10.1. The smallest absolute Gasteiger partial charge is 0.329 e. The summed E-state index contributed by atoms with van der Waals surface area (Å²) in [6.07, 6.45) is 13.1. The number of hydrogen-bond donors (Lipinski definition) is 0. The fourth-order valence-electron chi connectivity index (χ4n) is 2.85. The summed E-state index contributed by atoms with van der Waals surface area (Å²) in [6, 6.07) is 0. The molecule has 0 aromatic carbocycles. The molecule has 21 heavy (non-hydrogen) atoms. The molecule has 0 aromatic heterocycles. The SMILES string of the molecule is C1CCC2CCCC2C1.C=CC(=O)OC.C=CC(=O)OC. The minimum Gasteiger partial charge on any atom is -0.466 e. The van der Waals surface area contributed by atoms with Gasteiger partial charge in [-0.3, -0.25) is 0 Å². The Kier molecular flexibility index (Phi) is 11.3. The van der Waals surface area contributed by atoms with E-state index in [9.17, 15) is 9.59 Å². The first-order valence-electron chi connectivity index (χ1n) is 7.49. The highest BCUT2D eigenvalue weighted by Crippen LogP contribution is 2.41. The van der Waals surface area contributed by atoms with E-state index in [0.717, 1.165) is 12.2 Å². The minimum absolute atomic E-state index is 0.394. The molecule has 120 valence electrons. The van der Waals surface area contributed by atoms with Gasteiger partial charge >= 0.3 is 11.9 Å². The zero-order valence-corrected chi connectivity index (χ0v) is 13.3. The lowest BCUT2D eigenvalue weighted by molar-refractivity contribution is -0.135. The number of rotatable bonds is 2. The number of esters is 2. The molecule has 0 radical (unpaired) electrons. The summed E-state index contributed by atoms with van der Waals surface area (Å²) in [6.45, 7) is 6.31. The van der Waals surface area contributed by atoms with Gasteiger partial charge in [0.2, 0.25) is 0 Å². The predicted octanol–water partition coefficient (Wildman–Crippen LogP) is 3.67. The van der Waals surface area contributed by atoms with Crippen LogP contribution in [0, 0.1) is 11.8 Å². The first kappa shape index (κ1) is 19.4. The van der Waals surface area contributed by atoms with Crippen LogP contribution in [-0.4, -0.2) is 26.2 Å². The minimum atomic E-state index is -0.394. The van der Waals surface area contributed by atoms with Crippen LogP contribution >= 0.6 is 0 Å². The summed E-state index contributed by atoms with van der Waals surface area (Å²) in [7, 11) is 2.62. The Hall–Kier alpha value is -1.58. The summed E-state index contributed by atoms with van der Waals surface area (Å²) in [4.78, 5) is 19.7. The zero-order chi connectivity index (χ0) is 16.1. The van der Waals surface area contributed by atoms with Gasteiger partial charge in [-0.15, -0.1) is 0 Å². The van der Waals surface area contributed by atoms with Gasteiger partial charge in [0.1, 0.15) is 0 Å². The molecule has 4 heteroatoms. The third-order valence-corrected chi connectivity index (χ3v) is 3.95. The van der Waals surface area contributed by atoms with E-state index in [1.54, 1.807) is 25.7 Å². The number of carbonyl (C=O) groups is 2. The molecule has 2 atom stereocenters. The largest absolute Gasteiger partial charge is 0.466 e. The zero-order valence-electron chi connectivity index (χ0n) is 13.3. The maximum Gasteiger partial charge on any atom is 0.329 e. The van der Waals surface area contributed by atoms with Crippen LogP contribution in [0.3, 0.4) is 0 Å². The molecule has 2 unspecified atom stereocenters. The van der Waals surface area contributed by atoms with E-state index < -0.39 is 11.9 Å². The van der Waals surface area contributed by atoms with Crippen molar-refractivity contribution in [3.63, 3.8) is 0 Å². The second-order valence-corrected chi connectivity index (χ2v) is 5.19. The van der Waals surface area contributed by atoms with Gasteiger partial charge in [-0.05, 0) is 11.8 Å². The van der Waals surface area contributed by atoms with E-state index in [1.165, 1.54) is 45.3 Å². The molecule has 0 aliphatic heterocycles. The molecule has 2 fully saturated rings. The quantitative estimate of drug-likeness (QED) is 0.576. The van der Waals surface area contributed by atoms with Crippen molar-refractivity contribution in [1.29, 1.82) is 0 Å². The summed E-state index contributed by atoms with van der Waals surface area (Å²) in [5, 5.41) is 0. The van der Waals surface area contributed by atoms with Crippen molar-refractivity contribution in [3.8, 4) is 0 Å². The molecule has 0 saturated heterocycles. The van der Waals surface area contributed by atoms with E-state index in [-0.39, 0.29) is 0 Å². The van der Waals surface area contributed by atoms with Gasteiger partial charge in [0.15, 0.2) is 0 Å². The van der Waals surface area contributed by atoms with Crippen molar-refractivity contribution in [2.24, 2.45) is 11.8 Å². The lowest BCUT2D eigenvalue weighted by atomic mass is 9.82. The molecule has 0 bridgehead atoms. The Morgan fingerprint density at radius 3 is 1.38 bits per heavy atom. The second kappa shape index (κ2) is 12.2. The standard InChI is InChI=1S/C9H16.2C4H6O2/c1-2-5-9-7-3-6-8(9)4-1;2*1-3-4(5)6-2/h8-9H,1-7H2;2*3H,1H2,2H3. The Morgan fingerprint density at radius 1 is 0.810 bits per heavy atom. The molecule has 2 aliphatic rings. The van der Waals surface area contributed by atoms with Crippen LogP contribution in [0.1, 0.15) is 44.9 Å². The summed E-state index contributed by atoms with van der Waals surface area (Å²) >= 11 is 0. The van der Waals surface area contributed by atoms with Gasteiger partial charge in [-0.25, -0.2) is 9.59 Å². The molecule has 0 amide bonds. The maximum atomic E-state index is 9.84. The lowest BCUT2D eigenvalue weighted by Crippen LogP contribution is -2.12. The highest BCUT2D eigenvalue weighted by atomic mass is 16.5. The fraction of sp³-hybridized carbons (Fsp3) is 0.647. The monoisotopic (exact) mass is 296 g/mol. The number of ether oxygens (including phenoxy) is 2. The third kappa shape index (κ3) is 9.05. The van der Waals surface area contributed by atoms with E-state index in [1.807, 2.05) is 0 Å². The van der Waals surface area contributed by atoms with Gasteiger partial charge in [0.05, 0.1) is 14.2 Å². The molecule has 0 N–H and O–H groups in total. The average Bonchev–Trinajstić information content (AvgIpc) is 3.03. The van der Waals surface area contributed by atoms with Crippen LogP contribution in [0.25, 0.3) is 0 Å². The van der Waals surface area contributed by atoms with E-state index in [4.69, 9.17) is 0 Å². The molecule has 2 aliphatic carbocycles. The number of hydrogen-bond acceptors (Lipinski definition) is 4. The average molecular weight is 296 g/mol. The van der Waals surface area contributed by atoms with E-state index >= 15 is 0 Å². The molecule has 2 rings (SSSR count). The van der Waals surface area contributed by atoms with Crippen LogP contribution in [0.2, 0.25) is 0 Å². The number of carbonyl (C=O) groups excluding carboxylic acids is 2. The Morgan fingerprint density at radius 2 is 1.14 bits per heavy atom. The number of methoxy groups -OCH3 is 2. The van der Waals surface area contributed by atoms with Gasteiger partial charge in [-0.1, -0.05) is 58.1 Å². The fourth-order valence-corrected chi connectivity index (χ4v) is 2.85.